The van der Waals surface area contributed by atoms with Crippen LogP contribution < -0.4 is 15.2 Å². The van der Waals surface area contributed by atoms with Gasteiger partial charge in [0.2, 0.25) is 0 Å². The second-order valence-electron chi connectivity index (χ2n) is 4.73. The predicted molar refractivity (Wildman–Crippen MR) is 76.7 cm³/mol. The second-order valence-corrected chi connectivity index (χ2v) is 5.88. The zero-order valence-corrected chi connectivity index (χ0v) is 11.8. The van der Waals surface area contributed by atoms with Crippen LogP contribution in [0, 0.1) is 0 Å². The molecule has 1 aliphatic rings. The first-order chi connectivity index (χ1) is 8.70. The molecule has 0 spiro atoms. The first-order valence-corrected chi connectivity index (χ1v) is 7.52. The van der Waals surface area contributed by atoms with E-state index in [2.05, 4.69) is 6.07 Å². The molecule has 0 bridgehead atoms. The van der Waals surface area contributed by atoms with Crippen LogP contribution in [0.15, 0.2) is 18.2 Å². The first kappa shape index (κ1) is 13.6. The van der Waals surface area contributed by atoms with Gasteiger partial charge in [0, 0.05) is 11.8 Å². The Hall–Kier alpha value is -0.870. The summed E-state index contributed by atoms with van der Waals surface area (Å²) in [6.45, 7) is 2.00. The van der Waals surface area contributed by atoms with Gasteiger partial charge in [-0.1, -0.05) is 12.1 Å². The molecule has 1 aromatic carbocycles. The molecular weight excluding hydrogens is 246 g/mol. The lowest BCUT2D eigenvalue weighted by Gasteiger charge is -2.18. The zero-order chi connectivity index (χ0) is 13.0. The van der Waals surface area contributed by atoms with Gasteiger partial charge in [0.25, 0.3) is 0 Å². The lowest BCUT2D eigenvalue weighted by molar-refractivity contribution is 0.218. The van der Waals surface area contributed by atoms with E-state index >= 15 is 0 Å². The summed E-state index contributed by atoms with van der Waals surface area (Å²) in [5.41, 5.74) is 6.98. The number of hydrogen-bond acceptors (Lipinski definition) is 4. The summed E-state index contributed by atoms with van der Waals surface area (Å²) in [6, 6.07) is 6.17. The van der Waals surface area contributed by atoms with Gasteiger partial charge in [-0.05, 0) is 37.1 Å². The van der Waals surface area contributed by atoms with E-state index in [1.165, 1.54) is 5.75 Å². The van der Waals surface area contributed by atoms with Gasteiger partial charge in [0.15, 0.2) is 11.5 Å². The normalized spacial score (nSPS) is 20.7. The lowest BCUT2D eigenvalue weighted by atomic mass is 10.1. The molecule has 18 heavy (non-hydrogen) atoms. The molecule has 100 valence electrons. The Bertz CT molecular complexity index is 389. The average Bonchev–Trinajstić information content (AvgIpc) is 2.81. The van der Waals surface area contributed by atoms with E-state index in [1.807, 2.05) is 30.8 Å². The fourth-order valence-corrected chi connectivity index (χ4v) is 3.27. The molecule has 0 aliphatic carbocycles. The van der Waals surface area contributed by atoms with E-state index in [0.717, 1.165) is 35.7 Å². The zero-order valence-electron chi connectivity index (χ0n) is 11.0. The van der Waals surface area contributed by atoms with Crippen molar-refractivity contribution in [3.63, 3.8) is 0 Å². The Balaban J connectivity index is 2.17. The molecule has 1 aromatic rings. The van der Waals surface area contributed by atoms with Crippen molar-refractivity contribution < 1.29 is 9.47 Å². The summed E-state index contributed by atoms with van der Waals surface area (Å²) in [7, 11) is 1.69. The molecule has 3 nitrogen and oxygen atoms in total. The molecule has 0 radical (unpaired) electrons. The Kier molecular flexibility index (Phi) is 4.78. The minimum absolute atomic E-state index is 0.121. The van der Waals surface area contributed by atoms with Gasteiger partial charge >= 0.3 is 0 Å². The topological polar surface area (TPSA) is 44.5 Å². The molecule has 0 amide bonds. The molecule has 1 heterocycles. The van der Waals surface area contributed by atoms with E-state index in [4.69, 9.17) is 15.2 Å². The summed E-state index contributed by atoms with van der Waals surface area (Å²) in [5, 5.41) is 0. The van der Waals surface area contributed by atoms with Crippen LogP contribution >= 0.6 is 11.8 Å². The van der Waals surface area contributed by atoms with Crippen LogP contribution in [0.5, 0.6) is 11.5 Å². The third-order valence-electron chi connectivity index (χ3n) is 2.99. The smallest absolute Gasteiger partial charge is 0.163 e. The van der Waals surface area contributed by atoms with Crippen LogP contribution in [-0.2, 0) is 6.42 Å². The molecule has 2 rings (SSSR count). The highest BCUT2D eigenvalue weighted by Gasteiger charge is 2.20. The van der Waals surface area contributed by atoms with Crippen LogP contribution in [0.4, 0.5) is 0 Å². The Morgan fingerprint density at radius 1 is 1.50 bits per heavy atom. The van der Waals surface area contributed by atoms with Crippen LogP contribution in [0.3, 0.4) is 0 Å². The maximum Gasteiger partial charge on any atom is 0.163 e. The standard InChI is InChI=1S/C14H21NO2S/c1-10(15)8-11-4-3-5-13(14(11)16-2)17-12-6-7-18-9-12/h3-5,10,12H,6-9,15H2,1-2H3. The van der Waals surface area contributed by atoms with E-state index < -0.39 is 0 Å². The van der Waals surface area contributed by atoms with Gasteiger partial charge in [0.1, 0.15) is 6.10 Å². The van der Waals surface area contributed by atoms with Crippen molar-refractivity contribution in [3.8, 4) is 11.5 Å². The van der Waals surface area contributed by atoms with Crippen LogP contribution in [0.25, 0.3) is 0 Å². The van der Waals surface area contributed by atoms with Gasteiger partial charge in [-0.2, -0.15) is 11.8 Å². The van der Waals surface area contributed by atoms with Crippen LogP contribution in [-0.4, -0.2) is 30.8 Å². The third kappa shape index (κ3) is 3.33. The number of thioether (sulfide) groups is 1. The van der Waals surface area contributed by atoms with Crippen LogP contribution in [0.1, 0.15) is 18.9 Å². The van der Waals surface area contributed by atoms with Crippen molar-refractivity contribution in [1.82, 2.24) is 0 Å². The van der Waals surface area contributed by atoms with E-state index in [1.54, 1.807) is 7.11 Å². The average molecular weight is 267 g/mol. The number of hydrogen-bond donors (Lipinski definition) is 1. The van der Waals surface area contributed by atoms with E-state index in [-0.39, 0.29) is 6.04 Å². The minimum Gasteiger partial charge on any atom is -0.493 e. The Morgan fingerprint density at radius 2 is 2.33 bits per heavy atom. The summed E-state index contributed by atoms with van der Waals surface area (Å²) in [4.78, 5) is 0. The summed E-state index contributed by atoms with van der Waals surface area (Å²) in [6.07, 6.45) is 2.24. The monoisotopic (exact) mass is 267 g/mol. The van der Waals surface area contributed by atoms with Crippen LogP contribution in [0.2, 0.25) is 0 Å². The van der Waals surface area contributed by atoms with E-state index in [9.17, 15) is 0 Å². The second kappa shape index (κ2) is 6.34. The molecule has 2 atom stereocenters. The maximum absolute atomic E-state index is 6.03. The van der Waals surface area contributed by atoms with Crippen molar-refractivity contribution in [1.29, 1.82) is 0 Å². The van der Waals surface area contributed by atoms with Gasteiger partial charge in [-0.15, -0.1) is 0 Å². The highest BCUT2D eigenvalue weighted by atomic mass is 32.2. The number of para-hydroxylation sites is 1. The Morgan fingerprint density at radius 3 is 2.94 bits per heavy atom. The highest BCUT2D eigenvalue weighted by molar-refractivity contribution is 7.99. The molecule has 1 saturated heterocycles. The molecule has 1 aliphatic heterocycles. The van der Waals surface area contributed by atoms with E-state index in [0.29, 0.717) is 6.10 Å². The highest BCUT2D eigenvalue weighted by Crippen LogP contribution is 2.34. The van der Waals surface area contributed by atoms with Crippen molar-refractivity contribution in [2.45, 2.75) is 31.9 Å². The predicted octanol–water partition coefficient (Wildman–Crippen LogP) is 2.47. The number of rotatable bonds is 5. The first-order valence-electron chi connectivity index (χ1n) is 6.36. The molecule has 0 aromatic heterocycles. The minimum atomic E-state index is 0.121. The summed E-state index contributed by atoms with van der Waals surface area (Å²) in [5.74, 6) is 3.95. The molecule has 1 fully saturated rings. The third-order valence-corrected chi connectivity index (χ3v) is 4.12. The molecule has 2 unspecified atom stereocenters. The fraction of sp³-hybridized carbons (Fsp3) is 0.571. The van der Waals surface area contributed by atoms with Crippen molar-refractivity contribution in [3.05, 3.63) is 23.8 Å². The quantitative estimate of drug-likeness (QED) is 0.890. The number of benzene rings is 1. The molecule has 0 saturated carbocycles. The Labute approximate surface area is 113 Å². The van der Waals surface area contributed by atoms with Crippen molar-refractivity contribution in [2.75, 3.05) is 18.6 Å². The maximum atomic E-state index is 6.03. The summed E-state index contributed by atoms with van der Waals surface area (Å²) < 4.78 is 11.5. The van der Waals surface area contributed by atoms with Gasteiger partial charge in [-0.25, -0.2) is 0 Å². The number of methoxy groups -OCH3 is 1. The molecular formula is C14H21NO2S. The van der Waals surface area contributed by atoms with Gasteiger partial charge < -0.3 is 15.2 Å². The fourth-order valence-electron chi connectivity index (χ4n) is 2.18. The number of ether oxygens (including phenoxy) is 2. The lowest BCUT2D eigenvalue weighted by Crippen LogP contribution is -2.19. The molecule has 4 heteroatoms. The van der Waals surface area contributed by atoms with Crippen molar-refractivity contribution >= 4 is 11.8 Å². The largest absolute Gasteiger partial charge is 0.493 e. The SMILES string of the molecule is COc1c(CC(C)N)cccc1OC1CCSC1. The van der Waals surface area contributed by atoms with Gasteiger partial charge in [-0.3, -0.25) is 0 Å². The molecule has 2 N–H and O–H groups in total. The van der Waals surface area contributed by atoms with Crippen molar-refractivity contribution in [2.24, 2.45) is 5.73 Å². The van der Waals surface area contributed by atoms with Gasteiger partial charge in [0.05, 0.1) is 7.11 Å². The number of nitrogens with two attached hydrogens (primary N) is 1. The summed E-state index contributed by atoms with van der Waals surface area (Å²) >= 11 is 1.94.